The van der Waals surface area contributed by atoms with Gasteiger partial charge in [0.1, 0.15) is 10.6 Å². The number of amides is 1. The van der Waals surface area contributed by atoms with Crippen LogP contribution in [0, 0.1) is 0 Å². The molecule has 1 N–H and O–H groups in total. The minimum Gasteiger partial charge on any atom is -0.459 e. The van der Waals surface area contributed by atoms with Crippen LogP contribution < -0.4 is 5.32 Å². The number of carbonyl (C=O) groups excluding carboxylic acids is 2. The molecule has 0 spiro atoms. The molecule has 1 aromatic heterocycles. The van der Waals surface area contributed by atoms with Crippen molar-refractivity contribution in [1.82, 2.24) is 0 Å². The van der Waals surface area contributed by atoms with Gasteiger partial charge in [-0.05, 0) is 37.3 Å². The molecule has 0 bridgehead atoms. The van der Waals surface area contributed by atoms with Crippen molar-refractivity contribution in [3.8, 4) is 11.1 Å². The predicted molar refractivity (Wildman–Crippen MR) is 119 cm³/mol. The lowest BCUT2D eigenvalue weighted by Gasteiger charge is -2.32. The van der Waals surface area contributed by atoms with Crippen molar-refractivity contribution in [2.75, 3.05) is 5.32 Å². The lowest BCUT2D eigenvalue weighted by Crippen LogP contribution is -2.64. The van der Waals surface area contributed by atoms with E-state index in [2.05, 4.69) is 0 Å². The van der Waals surface area contributed by atoms with Crippen molar-refractivity contribution in [3.05, 3.63) is 40.8 Å². The summed E-state index contributed by atoms with van der Waals surface area (Å²) in [6.07, 6.45) is -7.02. The minimum absolute atomic E-state index is 0.0253. The van der Waals surface area contributed by atoms with Crippen LogP contribution in [0.1, 0.15) is 56.0 Å². The Morgan fingerprint density at radius 1 is 0.919 bits per heavy atom. The second kappa shape index (κ2) is 10.5. The zero-order valence-electron chi connectivity index (χ0n) is 19.8. The van der Waals surface area contributed by atoms with Crippen LogP contribution in [0.2, 0.25) is 0 Å². The quantitative estimate of drug-likeness (QED) is 0.249. The van der Waals surface area contributed by atoms with E-state index in [1.54, 1.807) is 24.3 Å². The van der Waals surface area contributed by atoms with Crippen LogP contribution in [-0.2, 0) is 9.53 Å². The maximum absolute atomic E-state index is 14.1. The van der Waals surface area contributed by atoms with Crippen LogP contribution in [0.3, 0.4) is 0 Å². The lowest BCUT2D eigenvalue weighted by atomic mass is 9.95. The van der Waals surface area contributed by atoms with Crippen LogP contribution in [0.15, 0.2) is 29.6 Å². The van der Waals surface area contributed by atoms with E-state index in [0.717, 1.165) is 12.0 Å². The standard InChI is InChI=1S/C23H22F9NO3S/c1-5-12(4)13-6-8-14(9-7-13)15-10-37-17(16(15)18(34)36-11(2)3)33-19(35)20(24,25)21(26,27)22(28,29)23(30,31)32/h6-12H,5H2,1-4H3,(H,33,35)/t12-/m1/s1. The first-order valence-corrected chi connectivity index (χ1v) is 11.6. The monoisotopic (exact) mass is 563 g/mol. The van der Waals surface area contributed by atoms with Gasteiger partial charge >= 0.3 is 35.8 Å². The van der Waals surface area contributed by atoms with Gasteiger partial charge in [-0.15, -0.1) is 11.3 Å². The third-order valence-electron chi connectivity index (χ3n) is 5.40. The average molecular weight is 563 g/mol. The Morgan fingerprint density at radius 2 is 1.46 bits per heavy atom. The summed E-state index contributed by atoms with van der Waals surface area (Å²) in [6, 6.07) is 6.55. The third kappa shape index (κ3) is 5.73. The van der Waals surface area contributed by atoms with Crippen molar-refractivity contribution in [1.29, 1.82) is 0 Å². The Kier molecular flexibility index (Phi) is 8.67. The highest BCUT2D eigenvalue weighted by Gasteiger charge is 2.83. The lowest BCUT2D eigenvalue weighted by molar-refractivity contribution is -0.388. The number of hydrogen-bond donors (Lipinski definition) is 1. The first-order valence-electron chi connectivity index (χ1n) is 10.7. The molecule has 1 heterocycles. The molecule has 0 aliphatic carbocycles. The molecule has 0 aliphatic rings. The summed E-state index contributed by atoms with van der Waals surface area (Å²) >= 11 is 0.389. The number of benzene rings is 1. The number of esters is 1. The Bertz CT molecular complexity index is 1130. The molecule has 0 radical (unpaired) electrons. The van der Waals surface area contributed by atoms with Crippen LogP contribution in [0.4, 0.5) is 44.5 Å². The highest BCUT2D eigenvalue weighted by molar-refractivity contribution is 7.15. The summed E-state index contributed by atoms with van der Waals surface area (Å²) in [5, 5.41) is 1.59. The van der Waals surface area contributed by atoms with Crippen molar-refractivity contribution in [3.63, 3.8) is 0 Å². The fourth-order valence-corrected chi connectivity index (χ4v) is 4.02. The van der Waals surface area contributed by atoms with Gasteiger partial charge in [0.25, 0.3) is 0 Å². The van der Waals surface area contributed by atoms with Crippen LogP contribution in [-0.4, -0.2) is 41.9 Å². The number of hydrogen-bond acceptors (Lipinski definition) is 4. The van der Waals surface area contributed by atoms with E-state index in [-0.39, 0.29) is 11.5 Å². The second-order valence-corrected chi connectivity index (χ2v) is 9.29. The van der Waals surface area contributed by atoms with Gasteiger partial charge in [0, 0.05) is 10.9 Å². The van der Waals surface area contributed by atoms with E-state index in [1.165, 1.54) is 24.5 Å². The predicted octanol–water partition coefficient (Wildman–Crippen LogP) is 7.90. The molecule has 0 fully saturated rings. The summed E-state index contributed by atoms with van der Waals surface area (Å²) in [7, 11) is 0. The molecule has 4 nitrogen and oxygen atoms in total. The van der Waals surface area contributed by atoms with E-state index < -0.39 is 52.5 Å². The van der Waals surface area contributed by atoms with Gasteiger partial charge in [-0.2, -0.15) is 39.5 Å². The number of thiophene rings is 1. The molecule has 14 heteroatoms. The molecule has 0 unspecified atom stereocenters. The first kappa shape index (κ1) is 30.5. The van der Waals surface area contributed by atoms with Crippen molar-refractivity contribution < 1.29 is 53.8 Å². The normalized spacial score (nSPS) is 14.0. The molecule has 1 aromatic carbocycles. The molecule has 0 aliphatic heterocycles. The summed E-state index contributed by atoms with van der Waals surface area (Å²) < 4.78 is 124. The van der Waals surface area contributed by atoms with Crippen LogP contribution >= 0.6 is 11.3 Å². The molecule has 37 heavy (non-hydrogen) atoms. The van der Waals surface area contributed by atoms with Crippen molar-refractivity contribution in [2.24, 2.45) is 0 Å². The third-order valence-corrected chi connectivity index (χ3v) is 6.29. The van der Waals surface area contributed by atoms with Crippen molar-refractivity contribution >= 4 is 28.2 Å². The molecule has 2 rings (SSSR count). The molecule has 1 atom stereocenters. The molecule has 2 aromatic rings. The number of nitrogens with one attached hydrogen (secondary N) is 1. The Labute approximate surface area is 209 Å². The smallest absolute Gasteiger partial charge is 0.459 e. The number of rotatable bonds is 9. The molecule has 1 amide bonds. The summed E-state index contributed by atoms with van der Waals surface area (Å²) in [4.78, 5) is 24.7. The number of anilines is 1. The van der Waals surface area contributed by atoms with E-state index in [0.29, 0.717) is 16.9 Å². The molecule has 0 saturated carbocycles. The number of halogens is 9. The van der Waals surface area contributed by atoms with E-state index in [4.69, 9.17) is 4.74 Å². The van der Waals surface area contributed by atoms with Gasteiger partial charge in [-0.25, -0.2) is 4.79 Å². The molecule has 206 valence electrons. The van der Waals surface area contributed by atoms with Gasteiger partial charge in [0.05, 0.1) is 6.10 Å². The summed E-state index contributed by atoms with van der Waals surface area (Å²) in [6.45, 7) is 6.77. The zero-order chi connectivity index (χ0) is 28.6. The fourth-order valence-electron chi connectivity index (χ4n) is 3.06. The van der Waals surface area contributed by atoms with Gasteiger partial charge in [-0.3, -0.25) is 4.79 Å². The molecular weight excluding hydrogens is 541 g/mol. The Hall–Kier alpha value is -2.77. The zero-order valence-corrected chi connectivity index (χ0v) is 20.6. The van der Waals surface area contributed by atoms with E-state index in [1.807, 2.05) is 13.8 Å². The topological polar surface area (TPSA) is 55.4 Å². The summed E-state index contributed by atoms with van der Waals surface area (Å²) in [5.41, 5.74) is 0.719. The average Bonchev–Trinajstić information content (AvgIpc) is 3.20. The van der Waals surface area contributed by atoms with Crippen LogP contribution in [0.25, 0.3) is 11.1 Å². The maximum Gasteiger partial charge on any atom is 0.460 e. The van der Waals surface area contributed by atoms with E-state index >= 15 is 0 Å². The number of carbonyl (C=O) groups is 2. The Balaban J connectivity index is 2.53. The Morgan fingerprint density at radius 3 is 1.92 bits per heavy atom. The minimum atomic E-state index is -7.24. The van der Waals surface area contributed by atoms with Gasteiger partial charge in [-0.1, -0.05) is 38.1 Å². The second-order valence-electron chi connectivity index (χ2n) is 8.41. The number of alkyl halides is 9. The highest BCUT2D eigenvalue weighted by Crippen LogP contribution is 2.53. The van der Waals surface area contributed by atoms with Gasteiger partial charge in [0.15, 0.2) is 0 Å². The largest absolute Gasteiger partial charge is 0.460 e. The molecular formula is C23H22F9NO3S. The number of ether oxygens (including phenoxy) is 1. The molecule has 0 saturated heterocycles. The maximum atomic E-state index is 14.1. The summed E-state index contributed by atoms with van der Waals surface area (Å²) in [5.74, 6) is -25.1. The van der Waals surface area contributed by atoms with Gasteiger partial charge < -0.3 is 10.1 Å². The first-order chi connectivity index (χ1) is 16.8. The SMILES string of the molecule is CC[C@@H](C)c1ccc(-c2csc(NC(=O)C(F)(F)C(F)(F)C(F)(F)C(F)(F)F)c2C(=O)OC(C)C)cc1. The van der Waals surface area contributed by atoms with Crippen molar-refractivity contribution in [2.45, 2.75) is 70.1 Å². The highest BCUT2D eigenvalue weighted by atomic mass is 32.1. The van der Waals surface area contributed by atoms with Crippen LogP contribution in [0.5, 0.6) is 0 Å². The fraction of sp³-hybridized carbons (Fsp3) is 0.478. The van der Waals surface area contributed by atoms with E-state index in [9.17, 15) is 49.1 Å². The van der Waals surface area contributed by atoms with Gasteiger partial charge in [0.2, 0.25) is 0 Å².